The first-order valence-electron chi connectivity index (χ1n) is 10.2. The van der Waals surface area contributed by atoms with Crippen molar-refractivity contribution in [3.8, 4) is 0 Å². The molecule has 0 bridgehead atoms. The van der Waals surface area contributed by atoms with E-state index in [2.05, 4.69) is 29.8 Å². The number of hydrogen-bond donors (Lipinski definition) is 0. The third-order valence-electron chi connectivity index (χ3n) is 4.39. The lowest BCUT2D eigenvalue weighted by atomic mass is 10.1. The molecule has 0 fully saturated rings. The Labute approximate surface area is 172 Å². The molecule has 0 unspecified atom stereocenters. The van der Waals surface area contributed by atoms with Crippen LogP contribution in [0.4, 0.5) is 0 Å². The van der Waals surface area contributed by atoms with Crippen molar-refractivity contribution in [2.45, 2.75) is 78.1 Å². The van der Waals surface area contributed by atoms with E-state index in [1.165, 1.54) is 38.5 Å². The van der Waals surface area contributed by atoms with E-state index in [0.717, 1.165) is 25.7 Å². The molecule has 27 heavy (non-hydrogen) atoms. The maximum atomic E-state index is 12.2. The minimum atomic E-state index is -0.367. The number of carbonyl (C=O) groups is 2. The first kappa shape index (κ1) is 23.7. The second-order valence-electron chi connectivity index (χ2n) is 6.79. The Morgan fingerprint density at radius 1 is 0.778 bits per heavy atom. The number of unbranched alkanes of at least 4 members (excludes halogenated alkanes) is 8. The zero-order chi connectivity index (χ0) is 19.9. The molecule has 0 radical (unpaired) electrons. The summed E-state index contributed by atoms with van der Waals surface area (Å²) in [6.07, 6.45) is 11.1. The molecule has 152 valence electrons. The van der Waals surface area contributed by atoms with Crippen LogP contribution in [0.5, 0.6) is 0 Å². The summed E-state index contributed by atoms with van der Waals surface area (Å²) in [5.74, 6) is -0.727. The maximum Gasteiger partial charge on any atom is 0.339 e. The van der Waals surface area contributed by atoms with Crippen LogP contribution in [0, 0.1) is 0 Å². The van der Waals surface area contributed by atoms with E-state index >= 15 is 0 Å². The van der Waals surface area contributed by atoms with Crippen LogP contribution in [0.25, 0.3) is 0 Å². The first-order valence-corrected chi connectivity index (χ1v) is 11.0. The molecule has 4 nitrogen and oxygen atoms in total. The van der Waals surface area contributed by atoms with Gasteiger partial charge in [0.25, 0.3) is 0 Å². The molecule has 0 aromatic heterocycles. The van der Waals surface area contributed by atoms with E-state index in [9.17, 15) is 9.59 Å². The summed E-state index contributed by atoms with van der Waals surface area (Å²) in [6, 6.07) is 4.85. The second kappa shape index (κ2) is 14.7. The van der Waals surface area contributed by atoms with Crippen LogP contribution >= 0.6 is 15.9 Å². The second-order valence-corrected chi connectivity index (χ2v) is 7.65. The molecule has 0 aliphatic carbocycles. The van der Waals surface area contributed by atoms with Gasteiger partial charge in [-0.15, -0.1) is 0 Å². The van der Waals surface area contributed by atoms with Gasteiger partial charge in [-0.2, -0.15) is 0 Å². The Hall–Kier alpha value is -1.36. The summed E-state index contributed by atoms with van der Waals surface area (Å²) in [7, 11) is 0. The Bertz CT molecular complexity index is 571. The molecule has 0 saturated carbocycles. The SMILES string of the molecule is CCCCCCCOC(=O)c1ccc(C(=O)OCCCCCCC)c(Br)c1. The van der Waals surface area contributed by atoms with Crippen molar-refractivity contribution in [2.24, 2.45) is 0 Å². The lowest BCUT2D eigenvalue weighted by Crippen LogP contribution is -2.10. The standard InChI is InChI=1S/C22H33BrO4/c1-3-5-7-9-11-15-26-21(24)18-13-14-19(20(23)17-18)22(25)27-16-12-10-8-6-4-2/h13-14,17H,3-12,15-16H2,1-2H3. The fraction of sp³-hybridized carbons (Fsp3) is 0.636. The Kier molecular flexibility index (Phi) is 12.9. The van der Waals surface area contributed by atoms with E-state index in [-0.39, 0.29) is 11.9 Å². The molecule has 5 heteroatoms. The number of hydrogen-bond acceptors (Lipinski definition) is 4. The van der Waals surface area contributed by atoms with Crippen LogP contribution < -0.4 is 0 Å². The zero-order valence-electron chi connectivity index (χ0n) is 16.7. The lowest BCUT2D eigenvalue weighted by molar-refractivity contribution is 0.0482. The van der Waals surface area contributed by atoms with Crippen LogP contribution in [0.3, 0.4) is 0 Å². The minimum absolute atomic E-state index is 0.359. The molecule has 1 aromatic rings. The fourth-order valence-corrected chi connectivity index (χ4v) is 3.25. The molecule has 0 N–H and O–H groups in total. The molecule has 0 heterocycles. The smallest absolute Gasteiger partial charge is 0.339 e. The third-order valence-corrected chi connectivity index (χ3v) is 5.04. The van der Waals surface area contributed by atoms with Crippen LogP contribution in [0.15, 0.2) is 22.7 Å². The van der Waals surface area contributed by atoms with Gasteiger partial charge < -0.3 is 9.47 Å². The summed E-state index contributed by atoms with van der Waals surface area (Å²) >= 11 is 3.36. The van der Waals surface area contributed by atoms with Crippen molar-refractivity contribution in [1.82, 2.24) is 0 Å². The van der Waals surface area contributed by atoms with E-state index in [1.54, 1.807) is 18.2 Å². The van der Waals surface area contributed by atoms with E-state index < -0.39 is 0 Å². The van der Waals surface area contributed by atoms with Crippen molar-refractivity contribution >= 4 is 27.9 Å². The monoisotopic (exact) mass is 440 g/mol. The van der Waals surface area contributed by atoms with Crippen LogP contribution in [0.2, 0.25) is 0 Å². The average Bonchev–Trinajstić information content (AvgIpc) is 2.66. The average molecular weight is 441 g/mol. The van der Waals surface area contributed by atoms with Crippen LogP contribution in [-0.4, -0.2) is 25.2 Å². The maximum absolute atomic E-state index is 12.2. The van der Waals surface area contributed by atoms with Gasteiger partial charge >= 0.3 is 11.9 Å². The Morgan fingerprint density at radius 2 is 1.30 bits per heavy atom. The Morgan fingerprint density at radius 3 is 1.81 bits per heavy atom. The molecule has 0 atom stereocenters. The highest BCUT2D eigenvalue weighted by Gasteiger charge is 2.15. The van der Waals surface area contributed by atoms with Gasteiger partial charge in [-0.3, -0.25) is 0 Å². The van der Waals surface area contributed by atoms with Gasteiger partial charge in [-0.25, -0.2) is 9.59 Å². The highest BCUT2D eigenvalue weighted by Crippen LogP contribution is 2.20. The van der Waals surface area contributed by atoms with E-state index in [0.29, 0.717) is 28.8 Å². The lowest BCUT2D eigenvalue weighted by Gasteiger charge is -2.09. The van der Waals surface area contributed by atoms with Gasteiger partial charge in [0.15, 0.2) is 0 Å². The van der Waals surface area contributed by atoms with Gasteiger partial charge in [0.05, 0.1) is 24.3 Å². The highest BCUT2D eigenvalue weighted by atomic mass is 79.9. The van der Waals surface area contributed by atoms with Crippen LogP contribution in [0.1, 0.15) is 98.8 Å². The summed E-state index contributed by atoms with van der Waals surface area (Å²) in [4.78, 5) is 24.3. The number of ether oxygens (including phenoxy) is 2. The van der Waals surface area contributed by atoms with Crippen molar-refractivity contribution < 1.29 is 19.1 Å². The van der Waals surface area contributed by atoms with Crippen molar-refractivity contribution in [3.05, 3.63) is 33.8 Å². The largest absolute Gasteiger partial charge is 0.462 e. The summed E-state index contributed by atoms with van der Waals surface area (Å²) in [5.41, 5.74) is 0.867. The minimum Gasteiger partial charge on any atom is -0.462 e. The third kappa shape index (κ3) is 9.94. The number of halogens is 1. The van der Waals surface area contributed by atoms with E-state index in [4.69, 9.17) is 9.47 Å². The van der Waals surface area contributed by atoms with E-state index in [1.807, 2.05) is 0 Å². The summed E-state index contributed by atoms with van der Waals surface area (Å²) in [5, 5.41) is 0. The molecule has 1 rings (SSSR count). The van der Waals surface area contributed by atoms with Gasteiger partial charge in [0.2, 0.25) is 0 Å². The molecular formula is C22H33BrO4. The topological polar surface area (TPSA) is 52.6 Å². The van der Waals surface area contributed by atoms with Crippen molar-refractivity contribution in [1.29, 1.82) is 0 Å². The summed E-state index contributed by atoms with van der Waals surface area (Å²) < 4.78 is 11.2. The molecule has 0 aliphatic rings. The van der Waals surface area contributed by atoms with Gasteiger partial charge in [-0.1, -0.05) is 65.2 Å². The van der Waals surface area contributed by atoms with Crippen molar-refractivity contribution in [2.75, 3.05) is 13.2 Å². The predicted molar refractivity (Wildman–Crippen MR) is 112 cm³/mol. The molecule has 0 spiro atoms. The molecule has 0 saturated heterocycles. The fourth-order valence-electron chi connectivity index (χ4n) is 2.71. The highest BCUT2D eigenvalue weighted by molar-refractivity contribution is 9.10. The molecule has 0 aliphatic heterocycles. The molecular weight excluding hydrogens is 408 g/mol. The van der Waals surface area contributed by atoms with Gasteiger partial charge in [0.1, 0.15) is 0 Å². The molecule has 1 aromatic carbocycles. The molecule has 0 amide bonds. The first-order chi connectivity index (χ1) is 13.1. The number of carbonyl (C=O) groups excluding carboxylic acids is 2. The van der Waals surface area contributed by atoms with Crippen molar-refractivity contribution in [3.63, 3.8) is 0 Å². The number of benzene rings is 1. The predicted octanol–water partition coefficient (Wildman–Crippen LogP) is 6.70. The zero-order valence-corrected chi connectivity index (χ0v) is 18.3. The normalized spacial score (nSPS) is 10.6. The number of esters is 2. The van der Waals surface area contributed by atoms with Gasteiger partial charge in [-0.05, 0) is 47.0 Å². The summed E-state index contributed by atoms with van der Waals surface area (Å²) in [6.45, 7) is 5.20. The Balaban J connectivity index is 2.39. The van der Waals surface area contributed by atoms with Crippen LogP contribution in [-0.2, 0) is 9.47 Å². The quantitative estimate of drug-likeness (QED) is 0.238. The number of rotatable bonds is 14. The van der Waals surface area contributed by atoms with Gasteiger partial charge in [0, 0.05) is 4.47 Å².